The number of carboxylic acids is 1. The summed E-state index contributed by atoms with van der Waals surface area (Å²) in [6.45, 7) is 0. The summed E-state index contributed by atoms with van der Waals surface area (Å²) in [7, 11) is 0. The fourth-order valence-corrected chi connectivity index (χ4v) is 2.67. The lowest BCUT2D eigenvalue weighted by molar-refractivity contribution is 0.0687. The summed E-state index contributed by atoms with van der Waals surface area (Å²) in [5.41, 5.74) is 1.60. The highest BCUT2D eigenvalue weighted by molar-refractivity contribution is 6.42. The maximum absolute atomic E-state index is 11.5. The maximum atomic E-state index is 11.5. The number of aromatic carboxylic acids is 1. The molecule has 23 heavy (non-hydrogen) atoms. The van der Waals surface area contributed by atoms with E-state index in [0.29, 0.717) is 32.0 Å². The molecular formula is C16H9Cl3N2O2. The molecule has 3 aromatic rings. The standard InChI is InChI=1S/C16H9Cl3N2O2/c17-11-4-2-1-3-10(11)14-8-15(16(22)23)21(20-14)9-5-6-12(18)13(19)7-9/h1-8H,(H,22,23). The molecule has 0 amide bonds. The lowest BCUT2D eigenvalue weighted by atomic mass is 10.1. The van der Waals surface area contributed by atoms with Crippen LogP contribution in [0.3, 0.4) is 0 Å². The van der Waals surface area contributed by atoms with Crippen LogP contribution in [0.1, 0.15) is 10.5 Å². The quantitative estimate of drug-likeness (QED) is 0.692. The Bertz CT molecular complexity index is 906. The molecule has 0 aliphatic heterocycles. The molecule has 0 saturated carbocycles. The van der Waals surface area contributed by atoms with Gasteiger partial charge in [0.05, 0.1) is 26.4 Å². The van der Waals surface area contributed by atoms with Crippen LogP contribution < -0.4 is 0 Å². The Kier molecular flexibility index (Phi) is 4.31. The lowest BCUT2D eigenvalue weighted by Gasteiger charge is -2.06. The van der Waals surface area contributed by atoms with Gasteiger partial charge in [-0.15, -0.1) is 0 Å². The Hall–Kier alpha value is -2.01. The third-order valence-electron chi connectivity index (χ3n) is 3.23. The van der Waals surface area contributed by atoms with E-state index in [-0.39, 0.29) is 5.69 Å². The maximum Gasteiger partial charge on any atom is 0.354 e. The fourth-order valence-electron chi connectivity index (χ4n) is 2.15. The van der Waals surface area contributed by atoms with E-state index in [4.69, 9.17) is 34.8 Å². The summed E-state index contributed by atoms with van der Waals surface area (Å²) in [4.78, 5) is 11.5. The number of aromatic nitrogens is 2. The second-order valence-electron chi connectivity index (χ2n) is 4.71. The van der Waals surface area contributed by atoms with Crippen molar-refractivity contribution in [1.29, 1.82) is 0 Å². The van der Waals surface area contributed by atoms with Crippen LogP contribution in [0.4, 0.5) is 0 Å². The van der Waals surface area contributed by atoms with Gasteiger partial charge >= 0.3 is 5.97 Å². The molecular weight excluding hydrogens is 359 g/mol. The van der Waals surface area contributed by atoms with Crippen LogP contribution in [0.25, 0.3) is 16.9 Å². The molecule has 0 unspecified atom stereocenters. The van der Waals surface area contributed by atoms with Crippen LogP contribution in [-0.2, 0) is 0 Å². The zero-order valence-corrected chi connectivity index (χ0v) is 13.8. The third-order valence-corrected chi connectivity index (χ3v) is 4.29. The summed E-state index contributed by atoms with van der Waals surface area (Å²) in [5, 5.41) is 15.0. The molecule has 0 fully saturated rings. The highest BCUT2D eigenvalue weighted by atomic mass is 35.5. The van der Waals surface area contributed by atoms with Crippen molar-refractivity contribution in [2.75, 3.05) is 0 Å². The zero-order valence-electron chi connectivity index (χ0n) is 11.5. The second-order valence-corrected chi connectivity index (χ2v) is 5.93. The predicted octanol–water partition coefficient (Wildman–Crippen LogP) is 5.20. The van der Waals surface area contributed by atoms with Crippen molar-refractivity contribution in [2.24, 2.45) is 0 Å². The van der Waals surface area contributed by atoms with Gasteiger partial charge in [-0.3, -0.25) is 0 Å². The first-order chi connectivity index (χ1) is 11.0. The Labute approximate surface area is 146 Å². The van der Waals surface area contributed by atoms with E-state index in [1.807, 2.05) is 0 Å². The van der Waals surface area contributed by atoms with Gasteiger partial charge in [-0.2, -0.15) is 5.10 Å². The normalized spacial score (nSPS) is 10.7. The average molecular weight is 368 g/mol. The number of benzene rings is 2. The molecule has 1 N–H and O–H groups in total. The number of halogens is 3. The summed E-state index contributed by atoms with van der Waals surface area (Å²) in [6.07, 6.45) is 0. The van der Waals surface area contributed by atoms with Crippen molar-refractivity contribution >= 4 is 40.8 Å². The van der Waals surface area contributed by atoms with Crippen LogP contribution in [-0.4, -0.2) is 20.9 Å². The number of nitrogens with zero attached hydrogens (tertiary/aromatic N) is 2. The van der Waals surface area contributed by atoms with Crippen LogP contribution in [0.15, 0.2) is 48.5 Å². The molecule has 0 aliphatic carbocycles. The molecule has 0 radical (unpaired) electrons. The number of carboxylic acid groups (broad SMARTS) is 1. The first-order valence-electron chi connectivity index (χ1n) is 6.51. The lowest BCUT2D eigenvalue weighted by Crippen LogP contribution is -2.07. The fraction of sp³-hybridized carbons (Fsp3) is 0. The van der Waals surface area contributed by atoms with Gasteiger partial charge in [0.15, 0.2) is 5.69 Å². The number of hydrogen-bond acceptors (Lipinski definition) is 2. The number of carbonyl (C=O) groups is 1. The summed E-state index contributed by atoms with van der Waals surface area (Å²) in [5.74, 6) is -1.11. The SMILES string of the molecule is O=C(O)c1cc(-c2ccccc2Cl)nn1-c1ccc(Cl)c(Cl)c1. The highest BCUT2D eigenvalue weighted by Crippen LogP contribution is 2.30. The average Bonchev–Trinajstić information content (AvgIpc) is 2.96. The Balaban J connectivity index is 2.19. The van der Waals surface area contributed by atoms with E-state index in [9.17, 15) is 9.90 Å². The van der Waals surface area contributed by atoms with E-state index in [1.165, 1.54) is 10.7 Å². The minimum Gasteiger partial charge on any atom is -0.477 e. The first-order valence-corrected chi connectivity index (χ1v) is 7.64. The summed E-state index contributed by atoms with van der Waals surface area (Å²) >= 11 is 18.1. The molecule has 0 aliphatic rings. The van der Waals surface area contributed by atoms with Crippen molar-refractivity contribution in [3.05, 3.63) is 69.3 Å². The molecule has 1 aromatic heterocycles. The van der Waals surface area contributed by atoms with Gasteiger partial charge in [0, 0.05) is 5.56 Å². The van der Waals surface area contributed by atoms with E-state index in [1.54, 1.807) is 42.5 Å². The van der Waals surface area contributed by atoms with Crippen molar-refractivity contribution in [3.8, 4) is 16.9 Å². The van der Waals surface area contributed by atoms with Gasteiger partial charge in [-0.1, -0.05) is 53.0 Å². The topological polar surface area (TPSA) is 55.1 Å². The van der Waals surface area contributed by atoms with Gasteiger partial charge < -0.3 is 5.11 Å². The van der Waals surface area contributed by atoms with Gasteiger partial charge in [0.2, 0.25) is 0 Å². The Morgan fingerprint density at radius 3 is 2.35 bits per heavy atom. The van der Waals surface area contributed by atoms with Crippen LogP contribution >= 0.6 is 34.8 Å². The number of rotatable bonds is 3. The first kappa shape index (κ1) is 15.9. The van der Waals surface area contributed by atoms with E-state index >= 15 is 0 Å². The molecule has 1 heterocycles. The van der Waals surface area contributed by atoms with Gasteiger partial charge in [-0.25, -0.2) is 9.48 Å². The van der Waals surface area contributed by atoms with Gasteiger partial charge in [0.25, 0.3) is 0 Å². The molecule has 0 spiro atoms. The zero-order chi connectivity index (χ0) is 16.6. The van der Waals surface area contributed by atoms with E-state index in [0.717, 1.165) is 0 Å². The van der Waals surface area contributed by atoms with Crippen molar-refractivity contribution in [2.45, 2.75) is 0 Å². The monoisotopic (exact) mass is 366 g/mol. The number of hydrogen-bond donors (Lipinski definition) is 1. The minimum absolute atomic E-state index is 0.00157. The predicted molar refractivity (Wildman–Crippen MR) is 91.0 cm³/mol. The molecule has 0 saturated heterocycles. The molecule has 116 valence electrons. The van der Waals surface area contributed by atoms with Crippen LogP contribution in [0.2, 0.25) is 15.1 Å². The second kappa shape index (κ2) is 6.24. The molecule has 0 atom stereocenters. The van der Waals surface area contributed by atoms with Crippen molar-refractivity contribution in [1.82, 2.24) is 9.78 Å². The van der Waals surface area contributed by atoms with Gasteiger partial charge in [-0.05, 0) is 30.3 Å². The summed E-state index contributed by atoms with van der Waals surface area (Å²) in [6, 6.07) is 13.3. The smallest absolute Gasteiger partial charge is 0.354 e. The molecule has 2 aromatic carbocycles. The van der Waals surface area contributed by atoms with E-state index < -0.39 is 5.97 Å². The van der Waals surface area contributed by atoms with Gasteiger partial charge in [0.1, 0.15) is 0 Å². The molecule has 0 bridgehead atoms. The van der Waals surface area contributed by atoms with Crippen LogP contribution in [0, 0.1) is 0 Å². The van der Waals surface area contributed by atoms with Crippen molar-refractivity contribution in [3.63, 3.8) is 0 Å². The molecule has 3 rings (SSSR count). The van der Waals surface area contributed by atoms with Crippen molar-refractivity contribution < 1.29 is 9.90 Å². The summed E-state index contributed by atoms with van der Waals surface area (Å²) < 4.78 is 1.29. The minimum atomic E-state index is -1.11. The van der Waals surface area contributed by atoms with E-state index in [2.05, 4.69) is 5.10 Å². The third kappa shape index (κ3) is 3.06. The Morgan fingerprint density at radius 2 is 1.70 bits per heavy atom. The molecule has 7 heteroatoms. The highest BCUT2D eigenvalue weighted by Gasteiger charge is 2.18. The molecule has 4 nitrogen and oxygen atoms in total. The Morgan fingerprint density at radius 1 is 0.957 bits per heavy atom. The van der Waals surface area contributed by atoms with Crippen LogP contribution in [0.5, 0.6) is 0 Å². The largest absolute Gasteiger partial charge is 0.477 e.